The number of hydrogen-bond donors (Lipinski definition) is 4. The van der Waals surface area contributed by atoms with Crippen LogP contribution in [0.15, 0.2) is 34.8 Å². The highest BCUT2D eigenvalue weighted by molar-refractivity contribution is 7.09. The fourth-order valence-corrected chi connectivity index (χ4v) is 8.13. The minimum Gasteiger partial charge on any atom is -0.481 e. The Labute approximate surface area is 353 Å². The maximum atomic E-state index is 14.8. The lowest BCUT2D eigenvalue weighted by Gasteiger charge is -2.33. The lowest BCUT2D eigenvalue weighted by Crippen LogP contribution is -2.57. The molecule has 0 radical (unpaired) electrons. The molecule has 14 nitrogen and oxygen atoms in total. The van der Waals surface area contributed by atoms with Crippen LogP contribution in [0.2, 0.25) is 0 Å². The molecule has 1 aliphatic rings. The Hall–Kier alpha value is -4.44. The number of thiazole rings is 1. The third-order valence-corrected chi connectivity index (χ3v) is 12.0. The number of esters is 1. The molecular weight excluding hydrogens is 778 g/mol. The number of nitrogens with one attached hydrogen (secondary N) is 2. The van der Waals surface area contributed by atoms with Gasteiger partial charge < -0.3 is 25.8 Å². The first-order chi connectivity index (χ1) is 27.8. The SMILES string of the molecule is CCCCCCN(C(=O)[C@@H](N[N+](=O)[C@H]1CCCCN1C)[C@@H](C)CC)C(C[C@@H](OC(C)=O)c1nc(C(=O)NC(Cc2ccc(F)c(N)c2)CC(C)(C)C(=O)O)cs1)=C(C)C. The van der Waals surface area contributed by atoms with Crippen LogP contribution in [0.25, 0.3) is 0 Å². The van der Waals surface area contributed by atoms with Crippen LogP contribution >= 0.6 is 11.3 Å². The van der Waals surface area contributed by atoms with Gasteiger partial charge in [0.05, 0.1) is 16.0 Å². The average molecular weight is 845 g/mol. The lowest BCUT2D eigenvalue weighted by molar-refractivity contribution is -0.666. The summed E-state index contributed by atoms with van der Waals surface area (Å²) in [5.74, 6) is -3.20. The molecule has 1 aliphatic heterocycles. The molecule has 2 heterocycles. The van der Waals surface area contributed by atoms with Gasteiger partial charge in [-0.1, -0.05) is 58.1 Å². The number of aliphatic carboxylic acids is 1. The number of likely N-dealkylation sites (tertiary alicyclic amines) is 1. The quantitative estimate of drug-likeness (QED) is 0.0285. The number of anilines is 1. The second-order valence-electron chi connectivity index (χ2n) is 16.8. The molecule has 1 saturated heterocycles. The summed E-state index contributed by atoms with van der Waals surface area (Å²) in [6, 6.07) is 2.71. The van der Waals surface area contributed by atoms with E-state index in [1.54, 1.807) is 24.1 Å². The summed E-state index contributed by atoms with van der Waals surface area (Å²) < 4.78 is 19.8. The van der Waals surface area contributed by atoms with Gasteiger partial charge >= 0.3 is 11.9 Å². The van der Waals surface area contributed by atoms with Crippen molar-refractivity contribution < 1.29 is 38.3 Å². The number of aromatic nitrogens is 1. The molecule has 16 heteroatoms. The number of piperidine rings is 1. The summed E-state index contributed by atoms with van der Waals surface area (Å²) in [6.07, 6.45) is 5.87. The van der Waals surface area contributed by atoms with E-state index in [4.69, 9.17) is 10.5 Å². The highest BCUT2D eigenvalue weighted by Gasteiger charge is 2.40. The van der Waals surface area contributed by atoms with Crippen LogP contribution in [0.1, 0.15) is 147 Å². The van der Waals surface area contributed by atoms with Gasteiger partial charge in [-0.2, -0.15) is 0 Å². The molecular formula is C43H67FN7O7S+. The molecule has 1 unspecified atom stereocenters. The van der Waals surface area contributed by atoms with Gasteiger partial charge in [0.15, 0.2) is 12.1 Å². The van der Waals surface area contributed by atoms with E-state index in [0.29, 0.717) is 35.7 Å². The summed E-state index contributed by atoms with van der Waals surface area (Å²) in [7, 11) is 1.92. The lowest BCUT2D eigenvalue weighted by atomic mass is 9.84. The van der Waals surface area contributed by atoms with Gasteiger partial charge in [0, 0.05) is 50.0 Å². The number of hydrogen-bond acceptors (Lipinski definition) is 10. The second-order valence-corrected chi connectivity index (χ2v) is 17.7. The number of carboxylic acid groups (broad SMARTS) is 1. The number of nitrogens with zero attached hydrogens (tertiary/aromatic N) is 4. The Morgan fingerprint density at radius 1 is 1.15 bits per heavy atom. The number of carbonyl (C=O) groups is 4. The molecule has 1 aromatic carbocycles. The third-order valence-electron chi connectivity index (χ3n) is 11.1. The number of nitrogen functional groups attached to an aromatic ring is 1. The van der Waals surface area contributed by atoms with Crippen molar-refractivity contribution in [1.82, 2.24) is 25.5 Å². The number of amides is 2. The molecule has 59 heavy (non-hydrogen) atoms. The number of ether oxygens (including phenoxy) is 1. The van der Waals surface area contributed by atoms with Crippen molar-refractivity contribution in [1.29, 1.82) is 0 Å². The molecule has 0 saturated carbocycles. The van der Waals surface area contributed by atoms with Gasteiger partial charge in [0.25, 0.3) is 18.0 Å². The summed E-state index contributed by atoms with van der Waals surface area (Å²) >= 11 is 1.13. The number of allylic oxidation sites excluding steroid dienone is 1. The molecule has 0 aliphatic carbocycles. The molecule has 0 spiro atoms. The molecule has 3 rings (SSSR count). The van der Waals surface area contributed by atoms with E-state index in [9.17, 15) is 33.6 Å². The minimum atomic E-state index is -1.21. The van der Waals surface area contributed by atoms with Crippen molar-refractivity contribution in [2.45, 2.75) is 150 Å². The molecule has 1 fully saturated rings. The predicted molar refractivity (Wildman–Crippen MR) is 228 cm³/mol. The van der Waals surface area contributed by atoms with Gasteiger partial charge in [0.1, 0.15) is 21.4 Å². The number of nitroso groups, excluding NO2 is 1. The van der Waals surface area contributed by atoms with Crippen molar-refractivity contribution in [2.75, 3.05) is 25.9 Å². The predicted octanol–water partition coefficient (Wildman–Crippen LogP) is 7.54. The molecule has 2 amide bonds. The molecule has 1 aromatic heterocycles. The molecule has 328 valence electrons. The normalized spacial score (nSPS) is 16.6. The van der Waals surface area contributed by atoms with Crippen molar-refractivity contribution in [3.63, 3.8) is 0 Å². The standard InChI is InChI=1S/C43H66FN7O7S/c1-10-12-13-15-21-50(41(54)38(28(5)11-2)48-51(57)37-17-14-16-20-49(37)9)35(27(3)4)24-36(58-29(6)52)40-47-34(26-59-40)39(53)46-31(25-43(7,8)42(55)56)22-30-18-19-32(44)33(45)23-30/h18-19,23,26,28,31,36-38H,10-17,20-22,24-25,45H2,1-9H3,(H2-,46,48,53,55,56,57)/p+1/t28-,31?,36+,37-,38-/m0/s1. The summed E-state index contributed by atoms with van der Waals surface area (Å²) in [4.78, 5) is 76.1. The van der Waals surface area contributed by atoms with Gasteiger partial charge in [-0.25, -0.2) is 14.3 Å². The van der Waals surface area contributed by atoms with Crippen LogP contribution in [-0.2, 0) is 25.5 Å². The molecule has 5 N–H and O–H groups in total. The monoisotopic (exact) mass is 844 g/mol. The third kappa shape index (κ3) is 14.4. The van der Waals surface area contributed by atoms with E-state index in [1.807, 2.05) is 39.6 Å². The number of nitrogens with two attached hydrogens (primary N) is 1. The van der Waals surface area contributed by atoms with Crippen molar-refractivity contribution >= 4 is 40.8 Å². The minimum absolute atomic E-state index is 0.0365. The summed E-state index contributed by atoms with van der Waals surface area (Å²) in [6.45, 7) is 15.4. The van der Waals surface area contributed by atoms with E-state index in [1.165, 1.54) is 25.1 Å². The van der Waals surface area contributed by atoms with E-state index in [2.05, 4.69) is 22.7 Å². The number of halogens is 1. The van der Waals surface area contributed by atoms with Crippen molar-refractivity contribution in [3.05, 3.63) is 61.8 Å². The highest BCUT2D eigenvalue weighted by atomic mass is 32.1. The Balaban J connectivity index is 1.96. The van der Waals surface area contributed by atoms with Crippen LogP contribution < -0.4 is 16.5 Å². The van der Waals surface area contributed by atoms with E-state index < -0.39 is 53.4 Å². The maximum absolute atomic E-state index is 14.8. The second kappa shape index (κ2) is 22.8. The molecule has 2 aromatic rings. The van der Waals surface area contributed by atoms with Crippen LogP contribution in [0.3, 0.4) is 0 Å². The van der Waals surface area contributed by atoms with Crippen LogP contribution in [0.5, 0.6) is 0 Å². The van der Waals surface area contributed by atoms with Crippen LogP contribution in [-0.4, -0.2) is 86.9 Å². The number of carbonyl (C=O) groups excluding carboxylic acids is 3. The number of benzene rings is 1. The fraction of sp³-hybridized carbons (Fsp3) is 0.651. The first-order valence-corrected chi connectivity index (χ1v) is 21.8. The first-order valence-electron chi connectivity index (χ1n) is 20.9. The van der Waals surface area contributed by atoms with Gasteiger partial charge in [-0.05, 0) is 90.5 Å². The van der Waals surface area contributed by atoms with Gasteiger partial charge in [-0.15, -0.1) is 16.8 Å². The Morgan fingerprint density at radius 2 is 1.86 bits per heavy atom. The Morgan fingerprint density at radius 3 is 2.46 bits per heavy atom. The maximum Gasteiger partial charge on any atom is 0.309 e. The van der Waals surface area contributed by atoms with Gasteiger partial charge in [0.2, 0.25) is 0 Å². The van der Waals surface area contributed by atoms with Gasteiger partial charge in [-0.3, -0.25) is 19.2 Å². The first kappa shape index (κ1) is 48.9. The average Bonchev–Trinajstić information content (AvgIpc) is 3.67. The summed E-state index contributed by atoms with van der Waals surface area (Å²) in [5, 5.41) is 14.7. The zero-order valence-corrected chi connectivity index (χ0v) is 37.3. The van der Waals surface area contributed by atoms with E-state index >= 15 is 0 Å². The highest BCUT2D eigenvalue weighted by Crippen LogP contribution is 2.33. The number of unbranched alkanes of at least 4 members (excludes halogenated alkanes) is 3. The zero-order valence-electron chi connectivity index (χ0n) is 36.4. The van der Waals surface area contributed by atoms with Crippen molar-refractivity contribution in [3.8, 4) is 0 Å². The zero-order chi connectivity index (χ0) is 44.0. The smallest absolute Gasteiger partial charge is 0.309 e. The Kier molecular flexibility index (Phi) is 18.9. The largest absolute Gasteiger partial charge is 0.481 e. The molecule has 5 atom stereocenters. The fourth-order valence-electron chi connectivity index (χ4n) is 7.30. The molecule has 0 bridgehead atoms. The van der Waals surface area contributed by atoms with Crippen LogP contribution in [0, 0.1) is 22.1 Å². The van der Waals surface area contributed by atoms with E-state index in [-0.39, 0.29) is 42.5 Å². The topological polar surface area (TPSA) is 187 Å². The van der Waals surface area contributed by atoms with Crippen LogP contribution in [0.4, 0.5) is 10.1 Å². The number of hydrazine groups is 1. The Bertz CT molecular complexity index is 1800. The summed E-state index contributed by atoms with van der Waals surface area (Å²) in [5.41, 5.74) is 9.69. The number of rotatable bonds is 23. The van der Waals surface area contributed by atoms with Crippen molar-refractivity contribution in [2.24, 2.45) is 11.3 Å². The number of carboxylic acids is 1. The van der Waals surface area contributed by atoms with E-state index in [0.717, 1.165) is 66.8 Å².